The summed E-state index contributed by atoms with van der Waals surface area (Å²) in [5, 5.41) is 5.83. The van der Waals surface area contributed by atoms with Crippen molar-refractivity contribution >= 4 is 22.7 Å². The highest BCUT2D eigenvalue weighted by molar-refractivity contribution is 6.02. The summed E-state index contributed by atoms with van der Waals surface area (Å²) in [6.45, 7) is 0.439. The largest absolute Gasteiger partial charge is 0.420 e. The third-order valence-corrected chi connectivity index (χ3v) is 4.06. The zero-order valence-electron chi connectivity index (χ0n) is 12.9. The van der Waals surface area contributed by atoms with E-state index in [-0.39, 0.29) is 12.5 Å². The Morgan fingerprint density at radius 1 is 1.08 bits per heavy atom. The second kappa shape index (κ2) is 5.81. The number of nitrogens with zero attached hydrogens (tertiary/aromatic N) is 3. The molecule has 2 heterocycles. The van der Waals surface area contributed by atoms with E-state index in [9.17, 15) is 9.59 Å². The molecule has 0 saturated carbocycles. The first-order chi connectivity index (χ1) is 11.7. The van der Waals surface area contributed by atoms with Crippen LogP contribution in [0.25, 0.3) is 11.1 Å². The van der Waals surface area contributed by atoms with Gasteiger partial charge in [-0.2, -0.15) is 5.10 Å². The molecule has 6 heteroatoms. The van der Waals surface area contributed by atoms with Crippen LogP contribution in [0.4, 0.5) is 0 Å². The predicted octanol–water partition coefficient (Wildman–Crippen LogP) is 2.23. The van der Waals surface area contributed by atoms with Crippen LogP contribution in [0.5, 0.6) is 0 Å². The molecule has 0 atom stereocenters. The number of hydrogen-bond acceptors (Lipinski definition) is 4. The summed E-state index contributed by atoms with van der Waals surface area (Å²) in [6, 6.07) is 16.8. The topological polar surface area (TPSA) is 67.8 Å². The standard InChI is InChI=1S/C18H15N3O3/c22-17(12-20-15-8-4-5-9-16(15)24-18(20)23)21-11-10-14(19-21)13-6-2-1-3-7-13/h1-9H,10-12H2. The fourth-order valence-corrected chi connectivity index (χ4v) is 2.85. The second-order valence-corrected chi connectivity index (χ2v) is 5.60. The maximum Gasteiger partial charge on any atom is 0.420 e. The summed E-state index contributed by atoms with van der Waals surface area (Å²) in [5.74, 6) is -0.759. The lowest BCUT2D eigenvalue weighted by Gasteiger charge is -2.11. The molecule has 0 spiro atoms. The SMILES string of the molecule is O=C(Cn1c(=O)oc2ccccc21)N1CCC(c2ccccc2)=N1. The van der Waals surface area contributed by atoms with E-state index in [0.29, 0.717) is 24.1 Å². The van der Waals surface area contributed by atoms with Crippen LogP contribution in [0.2, 0.25) is 0 Å². The van der Waals surface area contributed by atoms with Crippen molar-refractivity contribution in [3.8, 4) is 0 Å². The van der Waals surface area contributed by atoms with E-state index in [2.05, 4.69) is 5.10 Å². The summed E-state index contributed by atoms with van der Waals surface area (Å²) >= 11 is 0. The van der Waals surface area contributed by atoms with Gasteiger partial charge < -0.3 is 4.42 Å². The molecule has 0 bridgehead atoms. The third kappa shape index (κ3) is 2.52. The molecule has 6 nitrogen and oxygen atoms in total. The number of rotatable bonds is 3. The number of hydrazone groups is 1. The van der Waals surface area contributed by atoms with Crippen LogP contribution in [0, 0.1) is 0 Å². The van der Waals surface area contributed by atoms with Crippen molar-refractivity contribution in [3.63, 3.8) is 0 Å². The highest BCUT2D eigenvalue weighted by atomic mass is 16.4. The van der Waals surface area contributed by atoms with Crippen LogP contribution >= 0.6 is 0 Å². The van der Waals surface area contributed by atoms with Crippen molar-refractivity contribution in [3.05, 3.63) is 70.7 Å². The summed E-state index contributed by atoms with van der Waals surface area (Å²) in [7, 11) is 0. The summed E-state index contributed by atoms with van der Waals surface area (Å²) in [4.78, 5) is 24.5. The number of hydrogen-bond donors (Lipinski definition) is 0. The van der Waals surface area contributed by atoms with Crippen LogP contribution in [-0.2, 0) is 11.3 Å². The van der Waals surface area contributed by atoms with E-state index in [4.69, 9.17) is 4.42 Å². The number of fused-ring (bicyclic) bond motifs is 1. The van der Waals surface area contributed by atoms with Gasteiger partial charge in [-0.25, -0.2) is 9.80 Å². The van der Waals surface area contributed by atoms with Crippen molar-refractivity contribution in [2.45, 2.75) is 13.0 Å². The quantitative estimate of drug-likeness (QED) is 0.743. The summed E-state index contributed by atoms with van der Waals surface area (Å²) in [5.41, 5.74) is 2.99. The minimum Gasteiger partial charge on any atom is -0.408 e. The highest BCUT2D eigenvalue weighted by Gasteiger charge is 2.23. The first-order valence-corrected chi connectivity index (χ1v) is 7.74. The molecule has 0 aliphatic carbocycles. The Balaban J connectivity index is 1.58. The van der Waals surface area contributed by atoms with Gasteiger partial charge in [0.15, 0.2) is 5.58 Å². The Hall–Kier alpha value is -3.15. The molecule has 0 radical (unpaired) electrons. The molecular formula is C18H15N3O3. The minimum atomic E-state index is -0.531. The van der Waals surface area contributed by atoms with E-state index in [1.807, 2.05) is 30.3 Å². The Morgan fingerprint density at radius 2 is 1.83 bits per heavy atom. The zero-order valence-corrected chi connectivity index (χ0v) is 12.9. The molecule has 4 rings (SSSR count). The Bertz CT molecular complexity index is 985. The van der Waals surface area contributed by atoms with Gasteiger partial charge in [-0.3, -0.25) is 9.36 Å². The van der Waals surface area contributed by atoms with Gasteiger partial charge in [0.1, 0.15) is 6.54 Å². The number of benzene rings is 2. The molecule has 0 saturated heterocycles. The molecule has 1 aromatic heterocycles. The molecule has 0 N–H and O–H groups in total. The molecule has 1 aliphatic rings. The van der Waals surface area contributed by atoms with Gasteiger partial charge in [0.25, 0.3) is 5.91 Å². The van der Waals surface area contributed by atoms with Crippen molar-refractivity contribution in [2.75, 3.05) is 6.54 Å². The highest BCUT2D eigenvalue weighted by Crippen LogP contribution is 2.16. The second-order valence-electron chi connectivity index (χ2n) is 5.60. The summed E-state index contributed by atoms with van der Waals surface area (Å²) in [6.07, 6.45) is 0.705. The number of carbonyl (C=O) groups is 1. The minimum absolute atomic E-state index is 0.0819. The van der Waals surface area contributed by atoms with E-state index < -0.39 is 5.76 Å². The van der Waals surface area contributed by atoms with Crippen molar-refractivity contribution in [1.82, 2.24) is 9.58 Å². The van der Waals surface area contributed by atoms with Crippen LogP contribution in [0.1, 0.15) is 12.0 Å². The maximum atomic E-state index is 12.5. The zero-order chi connectivity index (χ0) is 16.5. The molecule has 1 aliphatic heterocycles. The molecule has 3 aromatic rings. The van der Waals surface area contributed by atoms with Crippen molar-refractivity contribution in [2.24, 2.45) is 5.10 Å². The smallest absolute Gasteiger partial charge is 0.408 e. The number of para-hydroxylation sites is 2. The molecule has 0 fully saturated rings. The van der Waals surface area contributed by atoms with E-state index in [1.54, 1.807) is 24.3 Å². The van der Waals surface area contributed by atoms with Gasteiger partial charge in [-0.05, 0) is 17.7 Å². The monoisotopic (exact) mass is 321 g/mol. The molecular weight excluding hydrogens is 306 g/mol. The van der Waals surface area contributed by atoms with Gasteiger partial charge in [0, 0.05) is 6.42 Å². The number of aromatic nitrogens is 1. The van der Waals surface area contributed by atoms with Gasteiger partial charge in [-0.15, -0.1) is 0 Å². The van der Waals surface area contributed by atoms with Gasteiger partial charge in [0.05, 0.1) is 17.8 Å². The number of amides is 1. The third-order valence-electron chi connectivity index (χ3n) is 4.06. The Morgan fingerprint density at radius 3 is 2.67 bits per heavy atom. The first kappa shape index (κ1) is 14.4. The van der Waals surface area contributed by atoms with E-state index >= 15 is 0 Å². The van der Waals surface area contributed by atoms with Crippen LogP contribution in [0.15, 0.2) is 68.9 Å². The molecule has 0 unspecified atom stereocenters. The first-order valence-electron chi connectivity index (χ1n) is 7.74. The molecule has 2 aromatic carbocycles. The number of carbonyl (C=O) groups excluding carboxylic acids is 1. The van der Waals surface area contributed by atoms with Gasteiger partial charge in [0.2, 0.25) is 0 Å². The molecule has 120 valence electrons. The predicted molar refractivity (Wildman–Crippen MR) is 89.8 cm³/mol. The normalized spacial score (nSPS) is 14.2. The fourth-order valence-electron chi connectivity index (χ4n) is 2.85. The Kier molecular flexibility index (Phi) is 3.49. The Labute approximate surface area is 137 Å². The summed E-state index contributed by atoms with van der Waals surface area (Å²) < 4.78 is 6.49. The van der Waals surface area contributed by atoms with Crippen molar-refractivity contribution < 1.29 is 9.21 Å². The average molecular weight is 321 g/mol. The maximum absolute atomic E-state index is 12.5. The van der Waals surface area contributed by atoms with Gasteiger partial charge in [-0.1, -0.05) is 42.5 Å². The van der Waals surface area contributed by atoms with E-state index in [1.165, 1.54) is 9.58 Å². The van der Waals surface area contributed by atoms with Crippen LogP contribution in [-0.4, -0.2) is 27.7 Å². The van der Waals surface area contributed by atoms with E-state index in [0.717, 1.165) is 11.3 Å². The van der Waals surface area contributed by atoms with Crippen LogP contribution < -0.4 is 5.76 Å². The lowest BCUT2D eigenvalue weighted by molar-refractivity contribution is -0.131. The molecule has 1 amide bonds. The average Bonchev–Trinajstić information content (AvgIpc) is 3.21. The molecule has 24 heavy (non-hydrogen) atoms. The lowest BCUT2D eigenvalue weighted by Crippen LogP contribution is -2.30. The lowest BCUT2D eigenvalue weighted by atomic mass is 10.1. The van der Waals surface area contributed by atoms with Crippen molar-refractivity contribution in [1.29, 1.82) is 0 Å². The van der Waals surface area contributed by atoms with Gasteiger partial charge >= 0.3 is 5.76 Å². The van der Waals surface area contributed by atoms with Crippen LogP contribution in [0.3, 0.4) is 0 Å². The fraction of sp³-hybridized carbons (Fsp3) is 0.167. The number of oxazole rings is 1.